The van der Waals surface area contributed by atoms with Crippen molar-refractivity contribution in [3.05, 3.63) is 80.6 Å². The van der Waals surface area contributed by atoms with Crippen molar-refractivity contribution in [2.75, 3.05) is 5.32 Å². The number of aromatic nitrogens is 2. The number of H-pyrrole nitrogens is 1. The van der Waals surface area contributed by atoms with Gasteiger partial charge in [-0.05, 0) is 24.3 Å². The van der Waals surface area contributed by atoms with Gasteiger partial charge in [-0.15, -0.1) is 0 Å². The molecule has 2 N–H and O–H groups in total. The predicted octanol–water partition coefficient (Wildman–Crippen LogP) is 4.00. The molecule has 0 aliphatic carbocycles. The van der Waals surface area contributed by atoms with Crippen LogP contribution in [0.1, 0.15) is 10.4 Å². The van der Waals surface area contributed by atoms with Crippen molar-refractivity contribution >= 4 is 34.8 Å². The summed E-state index contributed by atoms with van der Waals surface area (Å²) in [5, 5.41) is 8.96. The van der Waals surface area contributed by atoms with Crippen molar-refractivity contribution in [2.24, 2.45) is 0 Å². The van der Waals surface area contributed by atoms with Crippen LogP contribution in [-0.4, -0.2) is 16.1 Å². The number of nitrogens with zero attached hydrogens (tertiary/aromatic N) is 1. The first kappa shape index (κ1) is 16.2. The van der Waals surface area contributed by atoms with E-state index in [9.17, 15) is 9.59 Å². The van der Waals surface area contributed by atoms with Crippen LogP contribution in [-0.2, 0) is 0 Å². The molecule has 3 aromatic rings. The number of carbonyl (C=O) groups excluding carboxylic acids is 1. The Morgan fingerprint density at radius 2 is 1.62 bits per heavy atom. The van der Waals surface area contributed by atoms with Gasteiger partial charge in [0.25, 0.3) is 11.5 Å². The van der Waals surface area contributed by atoms with Crippen LogP contribution >= 0.6 is 23.2 Å². The molecule has 24 heavy (non-hydrogen) atoms. The Labute approximate surface area is 147 Å². The highest BCUT2D eigenvalue weighted by Crippen LogP contribution is 2.29. The maximum Gasteiger partial charge on any atom is 0.284 e. The second-order valence-electron chi connectivity index (χ2n) is 4.93. The number of amides is 1. The van der Waals surface area contributed by atoms with Gasteiger partial charge < -0.3 is 5.32 Å². The molecule has 0 unspecified atom stereocenters. The molecule has 0 atom stereocenters. The third kappa shape index (κ3) is 3.32. The Kier molecular flexibility index (Phi) is 4.64. The number of nitrogens with one attached hydrogen (secondary N) is 2. The van der Waals surface area contributed by atoms with Crippen LogP contribution in [0.3, 0.4) is 0 Å². The van der Waals surface area contributed by atoms with Gasteiger partial charge in [0.15, 0.2) is 0 Å². The van der Waals surface area contributed by atoms with Gasteiger partial charge in [-0.3, -0.25) is 9.59 Å². The smallest absolute Gasteiger partial charge is 0.284 e. The van der Waals surface area contributed by atoms with Gasteiger partial charge in [0, 0.05) is 16.8 Å². The molecule has 0 bridgehead atoms. The molecule has 5 nitrogen and oxygen atoms in total. The van der Waals surface area contributed by atoms with Gasteiger partial charge in [-0.1, -0.05) is 53.5 Å². The molecule has 3 rings (SSSR count). The Balaban J connectivity index is 1.83. The lowest BCUT2D eigenvalue weighted by atomic mass is 10.1. The largest absolute Gasteiger partial charge is 0.322 e. The molecule has 2 aromatic carbocycles. The minimum Gasteiger partial charge on any atom is -0.322 e. The summed E-state index contributed by atoms with van der Waals surface area (Å²) >= 11 is 11.9. The second-order valence-corrected chi connectivity index (χ2v) is 5.68. The van der Waals surface area contributed by atoms with Crippen molar-refractivity contribution in [2.45, 2.75) is 0 Å². The molecule has 120 valence electrons. The average molecular weight is 360 g/mol. The average Bonchev–Trinajstić information content (AvgIpc) is 2.61. The number of aromatic amines is 1. The Morgan fingerprint density at radius 1 is 0.958 bits per heavy atom. The van der Waals surface area contributed by atoms with E-state index in [-0.39, 0.29) is 16.0 Å². The number of anilines is 1. The van der Waals surface area contributed by atoms with Crippen LogP contribution in [0.5, 0.6) is 0 Å². The topological polar surface area (TPSA) is 74.8 Å². The summed E-state index contributed by atoms with van der Waals surface area (Å²) in [6.45, 7) is 0. The van der Waals surface area contributed by atoms with Crippen molar-refractivity contribution in [1.29, 1.82) is 0 Å². The SMILES string of the molecule is O=C(Nc1ccc(-c2n[nH]c(=O)c(Cl)c2Cl)cc1)c1ccccc1. The van der Waals surface area contributed by atoms with E-state index in [1.807, 2.05) is 6.07 Å². The second kappa shape index (κ2) is 6.86. The summed E-state index contributed by atoms with van der Waals surface area (Å²) in [5.74, 6) is -0.202. The molecule has 0 aliphatic rings. The number of hydrogen-bond donors (Lipinski definition) is 2. The minimum absolute atomic E-state index is 0.0847. The Morgan fingerprint density at radius 3 is 2.29 bits per heavy atom. The molecule has 0 spiro atoms. The highest BCUT2D eigenvalue weighted by atomic mass is 35.5. The molecule has 0 saturated heterocycles. The molecule has 1 aromatic heterocycles. The maximum atomic E-state index is 12.1. The monoisotopic (exact) mass is 359 g/mol. The maximum absolute atomic E-state index is 12.1. The van der Waals surface area contributed by atoms with Crippen LogP contribution in [0.4, 0.5) is 5.69 Å². The van der Waals surface area contributed by atoms with E-state index in [1.54, 1.807) is 48.5 Å². The van der Waals surface area contributed by atoms with Crippen molar-refractivity contribution in [1.82, 2.24) is 10.2 Å². The minimum atomic E-state index is -0.544. The normalized spacial score (nSPS) is 10.4. The van der Waals surface area contributed by atoms with Crippen LogP contribution in [0.2, 0.25) is 10.0 Å². The fraction of sp³-hybridized carbons (Fsp3) is 0. The van der Waals surface area contributed by atoms with E-state index in [0.717, 1.165) is 0 Å². The third-order valence-corrected chi connectivity index (χ3v) is 4.15. The summed E-state index contributed by atoms with van der Waals surface area (Å²) in [5.41, 5.74) is 1.67. The zero-order chi connectivity index (χ0) is 17.1. The van der Waals surface area contributed by atoms with Crippen LogP contribution in [0.15, 0.2) is 59.4 Å². The van der Waals surface area contributed by atoms with Gasteiger partial charge in [0.2, 0.25) is 0 Å². The number of carbonyl (C=O) groups is 1. The number of hydrogen-bond acceptors (Lipinski definition) is 3. The van der Waals surface area contributed by atoms with E-state index in [2.05, 4.69) is 15.5 Å². The highest BCUT2D eigenvalue weighted by molar-refractivity contribution is 6.43. The zero-order valence-corrected chi connectivity index (χ0v) is 13.7. The van der Waals surface area contributed by atoms with E-state index >= 15 is 0 Å². The molecule has 0 aliphatic heterocycles. The molecular weight excluding hydrogens is 349 g/mol. The third-order valence-electron chi connectivity index (χ3n) is 3.32. The van der Waals surface area contributed by atoms with Crippen LogP contribution in [0.25, 0.3) is 11.3 Å². The lowest BCUT2D eigenvalue weighted by Gasteiger charge is -2.07. The Hall–Kier alpha value is -2.63. The van der Waals surface area contributed by atoms with Gasteiger partial charge >= 0.3 is 0 Å². The summed E-state index contributed by atoms with van der Waals surface area (Å²) < 4.78 is 0. The van der Waals surface area contributed by atoms with Crippen LogP contribution < -0.4 is 10.9 Å². The quantitative estimate of drug-likeness (QED) is 0.742. The summed E-state index contributed by atoms with van der Waals surface area (Å²) in [6, 6.07) is 15.8. The lowest BCUT2D eigenvalue weighted by Crippen LogP contribution is -2.11. The molecule has 1 amide bonds. The lowest BCUT2D eigenvalue weighted by molar-refractivity contribution is 0.102. The first-order valence-electron chi connectivity index (χ1n) is 6.97. The standard InChI is InChI=1S/C17H11Cl2N3O2/c18-13-14(19)17(24)22-21-15(13)10-6-8-12(9-7-10)20-16(23)11-4-2-1-3-5-11/h1-9H,(H,20,23)(H,22,24). The number of benzene rings is 2. The molecule has 0 radical (unpaired) electrons. The number of rotatable bonds is 3. The Bertz CT molecular complexity index is 938. The molecule has 0 saturated carbocycles. The van der Waals surface area contributed by atoms with Crippen LogP contribution in [0, 0.1) is 0 Å². The molecular formula is C17H11Cl2N3O2. The van der Waals surface area contributed by atoms with E-state index in [4.69, 9.17) is 23.2 Å². The summed E-state index contributed by atoms with van der Waals surface area (Å²) in [7, 11) is 0. The van der Waals surface area contributed by atoms with Gasteiger partial charge in [0.1, 0.15) is 10.7 Å². The van der Waals surface area contributed by atoms with E-state index in [0.29, 0.717) is 22.5 Å². The fourth-order valence-corrected chi connectivity index (χ4v) is 2.47. The van der Waals surface area contributed by atoms with Crippen molar-refractivity contribution < 1.29 is 4.79 Å². The number of halogens is 2. The van der Waals surface area contributed by atoms with E-state index in [1.165, 1.54) is 0 Å². The first-order valence-corrected chi connectivity index (χ1v) is 7.72. The fourth-order valence-electron chi connectivity index (χ4n) is 2.10. The predicted molar refractivity (Wildman–Crippen MR) is 94.7 cm³/mol. The van der Waals surface area contributed by atoms with Gasteiger partial charge in [-0.25, -0.2) is 5.10 Å². The van der Waals surface area contributed by atoms with Crippen molar-refractivity contribution in [3.8, 4) is 11.3 Å². The van der Waals surface area contributed by atoms with E-state index < -0.39 is 5.56 Å². The molecule has 1 heterocycles. The van der Waals surface area contributed by atoms with Gasteiger partial charge in [-0.2, -0.15) is 5.10 Å². The first-order chi connectivity index (χ1) is 11.6. The zero-order valence-electron chi connectivity index (χ0n) is 12.2. The summed E-state index contributed by atoms with van der Waals surface area (Å²) in [6.07, 6.45) is 0. The van der Waals surface area contributed by atoms with Crippen molar-refractivity contribution in [3.63, 3.8) is 0 Å². The summed E-state index contributed by atoms with van der Waals surface area (Å²) in [4.78, 5) is 23.5. The van der Waals surface area contributed by atoms with Gasteiger partial charge in [0.05, 0.1) is 5.02 Å². The molecule has 7 heteroatoms. The highest BCUT2D eigenvalue weighted by Gasteiger charge is 2.12. The molecule has 0 fully saturated rings.